The maximum Gasteiger partial charge on any atom is 0.342 e. The lowest BCUT2D eigenvalue weighted by molar-refractivity contribution is 0.0464. The van der Waals surface area contributed by atoms with Gasteiger partial charge in [0.05, 0.1) is 23.5 Å². The number of pyridine rings is 1. The second-order valence-electron chi connectivity index (χ2n) is 5.67. The van der Waals surface area contributed by atoms with E-state index in [1.807, 2.05) is 13.0 Å². The minimum atomic E-state index is -0.658. The molecule has 0 saturated carbocycles. The predicted molar refractivity (Wildman–Crippen MR) is 97.7 cm³/mol. The topological polar surface area (TPSA) is 95.9 Å². The van der Waals surface area contributed by atoms with Gasteiger partial charge in [-0.2, -0.15) is 0 Å². The van der Waals surface area contributed by atoms with Gasteiger partial charge in [-0.1, -0.05) is 17.7 Å². The third kappa shape index (κ3) is 3.48. The zero-order chi connectivity index (χ0) is 18.8. The molecule has 134 valence electrons. The Morgan fingerprint density at radius 2 is 2.08 bits per heavy atom. The molecule has 1 aromatic carbocycles. The van der Waals surface area contributed by atoms with Gasteiger partial charge in [-0.15, -0.1) is 0 Å². The van der Waals surface area contributed by atoms with E-state index >= 15 is 0 Å². The maximum atomic E-state index is 12.3. The Morgan fingerprint density at radius 1 is 1.31 bits per heavy atom. The third-order valence-corrected chi connectivity index (χ3v) is 4.08. The molecule has 8 heteroatoms. The molecule has 2 heterocycles. The van der Waals surface area contributed by atoms with Crippen molar-refractivity contribution in [2.75, 3.05) is 12.8 Å². The second-order valence-corrected chi connectivity index (χ2v) is 6.08. The number of benzene rings is 1. The molecule has 0 aliphatic heterocycles. The van der Waals surface area contributed by atoms with E-state index in [4.69, 9.17) is 26.8 Å². The van der Waals surface area contributed by atoms with Gasteiger partial charge >= 0.3 is 5.97 Å². The maximum absolute atomic E-state index is 12.3. The van der Waals surface area contributed by atoms with Crippen molar-refractivity contribution in [3.63, 3.8) is 0 Å². The quantitative estimate of drug-likeness (QED) is 0.557. The SMILES string of the molecule is COc1cc(N)c(Cl)cc1C(=O)OCc1cc(=O)n2cc(C)ccc2n1. The largest absolute Gasteiger partial charge is 0.496 e. The van der Waals surface area contributed by atoms with Crippen molar-refractivity contribution in [2.45, 2.75) is 13.5 Å². The average molecular weight is 374 g/mol. The van der Waals surface area contributed by atoms with Gasteiger partial charge < -0.3 is 15.2 Å². The van der Waals surface area contributed by atoms with Crippen molar-refractivity contribution < 1.29 is 14.3 Å². The Labute approximate surface area is 153 Å². The molecule has 2 N–H and O–H groups in total. The summed E-state index contributed by atoms with van der Waals surface area (Å²) < 4.78 is 11.8. The van der Waals surface area contributed by atoms with Crippen LogP contribution >= 0.6 is 11.6 Å². The van der Waals surface area contributed by atoms with Crippen LogP contribution in [0.25, 0.3) is 5.65 Å². The number of methoxy groups -OCH3 is 1. The molecular weight excluding hydrogens is 358 g/mol. The van der Waals surface area contributed by atoms with Gasteiger partial charge in [0.2, 0.25) is 0 Å². The van der Waals surface area contributed by atoms with Crippen molar-refractivity contribution in [1.82, 2.24) is 9.38 Å². The summed E-state index contributed by atoms with van der Waals surface area (Å²) in [6.07, 6.45) is 1.70. The summed E-state index contributed by atoms with van der Waals surface area (Å²) in [6.45, 7) is 1.72. The highest BCUT2D eigenvalue weighted by Crippen LogP contribution is 2.29. The van der Waals surface area contributed by atoms with E-state index in [1.54, 1.807) is 12.3 Å². The Hall–Kier alpha value is -3.06. The van der Waals surface area contributed by atoms with E-state index in [9.17, 15) is 9.59 Å². The van der Waals surface area contributed by atoms with E-state index in [1.165, 1.54) is 29.7 Å². The average Bonchev–Trinajstić information content (AvgIpc) is 2.62. The van der Waals surface area contributed by atoms with Gasteiger partial charge in [-0.05, 0) is 24.6 Å². The normalized spacial score (nSPS) is 10.7. The highest BCUT2D eigenvalue weighted by Gasteiger charge is 2.17. The lowest BCUT2D eigenvalue weighted by Gasteiger charge is -2.11. The summed E-state index contributed by atoms with van der Waals surface area (Å²) in [5, 5.41) is 0.218. The van der Waals surface area contributed by atoms with E-state index in [2.05, 4.69) is 4.98 Å². The molecule has 2 aromatic heterocycles. The van der Waals surface area contributed by atoms with Crippen LogP contribution in [0.5, 0.6) is 5.75 Å². The summed E-state index contributed by atoms with van der Waals surface area (Å²) in [5.41, 5.74) is 7.63. The van der Waals surface area contributed by atoms with Gasteiger partial charge in [0.25, 0.3) is 5.56 Å². The van der Waals surface area contributed by atoms with Crippen LogP contribution in [0.15, 0.2) is 41.3 Å². The molecule has 3 aromatic rings. The monoisotopic (exact) mass is 373 g/mol. The number of ether oxygens (including phenoxy) is 2. The molecule has 0 aliphatic carbocycles. The minimum Gasteiger partial charge on any atom is -0.496 e. The number of nitrogens with two attached hydrogens (primary N) is 1. The highest BCUT2D eigenvalue weighted by molar-refractivity contribution is 6.33. The predicted octanol–water partition coefficient (Wildman–Crippen LogP) is 2.60. The van der Waals surface area contributed by atoms with Gasteiger partial charge in [-0.3, -0.25) is 9.20 Å². The van der Waals surface area contributed by atoms with Crippen molar-refractivity contribution >= 4 is 28.9 Å². The fourth-order valence-corrected chi connectivity index (χ4v) is 2.61. The zero-order valence-corrected chi connectivity index (χ0v) is 14.9. The first-order valence-electron chi connectivity index (χ1n) is 7.68. The lowest BCUT2D eigenvalue weighted by Crippen LogP contribution is -2.17. The molecule has 0 amide bonds. The minimum absolute atomic E-state index is 0.139. The Kier molecular flexibility index (Phi) is 4.81. The lowest BCUT2D eigenvalue weighted by atomic mass is 10.2. The van der Waals surface area contributed by atoms with Gasteiger partial charge in [0.15, 0.2) is 0 Å². The molecule has 0 saturated heterocycles. The van der Waals surface area contributed by atoms with Crippen LogP contribution in [0.1, 0.15) is 21.6 Å². The molecule has 0 radical (unpaired) electrons. The molecule has 26 heavy (non-hydrogen) atoms. The number of carbonyl (C=O) groups excluding carboxylic acids is 1. The van der Waals surface area contributed by atoms with Crippen LogP contribution in [0.3, 0.4) is 0 Å². The van der Waals surface area contributed by atoms with E-state index in [-0.39, 0.29) is 28.5 Å². The fraction of sp³-hybridized carbons (Fsp3) is 0.167. The molecule has 0 bridgehead atoms. The fourth-order valence-electron chi connectivity index (χ4n) is 2.45. The van der Waals surface area contributed by atoms with E-state index in [0.29, 0.717) is 17.0 Å². The van der Waals surface area contributed by atoms with Crippen molar-refractivity contribution in [2.24, 2.45) is 0 Å². The summed E-state index contributed by atoms with van der Waals surface area (Å²) in [4.78, 5) is 28.8. The first-order chi connectivity index (χ1) is 12.4. The van der Waals surface area contributed by atoms with Crippen molar-refractivity contribution in [3.8, 4) is 5.75 Å². The number of nitrogen functional groups attached to an aromatic ring is 1. The number of halogens is 1. The second kappa shape index (κ2) is 7.05. The highest BCUT2D eigenvalue weighted by atomic mass is 35.5. The smallest absolute Gasteiger partial charge is 0.342 e. The molecule has 0 atom stereocenters. The Bertz CT molecular complexity index is 1060. The Balaban J connectivity index is 1.84. The molecule has 0 fully saturated rings. The zero-order valence-electron chi connectivity index (χ0n) is 14.2. The molecule has 7 nitrogen and oxygen atoms in total. The van der Waals surface area contributed by atoms with Crippen LogP contribution in [-0.2, 0) is 11.3 Å². The van der Waals surface area contributed by atoms with Crippen molar-refractivity contribution in [3.05, 3.63) is 68.7 Å². The van der Waals surface area contributed by atoms with E-state index < -0.39 is 5.97 Å². The van der Waals surface area contributed by atoms with E-state index in [0.717, 1.165) is 5.56 Å². The van der Waals surface area contributed by atoms with Crippen LogP contribution < -0.4 is 16.0 Å². The number of aryl methyl sites for hydroxylation is 1. The summed E-state index contributed by atoms with van der Waals surface area (Å²) in [5.74, 6) is -0.409. The number of nitrogens with zero attached hydrogens (tertiary/aromatic N) is 2. The third-order valence-electron chi connectivity index (χ3n) is 3.75. The van der Waals surface area contributed by atoms with Crippen LogP contribution in [0.4, 0.5) is 5.69 Å². The summed E-state index contributed by atoms with van der Waals surface area (Å²) in [6, 6.07) is 7.72. The molecule has 0 aliphatic rings. The molecule has 0 spiro atoms. The van der Waals surface area contributed by atoms with Crippen LogP contribution in [0.2, 0.25) is 5.02 Å². The number of rotatable bonds is 4. The first kappa shape index (κ1) is 17.8. The van der Waals surface area contributed by atoms with Gasteiger partial charge in [0, 0.05) is 18.3 Å². The number of carbonyl (C=O) groups is 1. The standard InChI is InChI=1S/C18H16ClN3O4/c1-10-3-4-16-21-11(5-17(23)22(16)8-10)9-26-18(24)12-6-13(19)14(20)7-15(12)25-2/h3-8H,9,20H2,1-2H3. The van der Waals surface area contributed by atoms with Crippen molar-refractivity contribution in [1.29, 1.82) is 0 Å². The molecule has 3 rings (SSSR count). The van der Waals surface area contributed by atoms with Gasteiger partial charge in [0.1, 0.15) is 23.6 Å². The van der Waals surface area contributed by atoms with Gasteiger partial charge in [-0.25, -0.2) is 9.78 Å². The van der Waals surface area contributed by atoms with Crippen LogP contribution in [0, 0.1) is 6.92 Å². The summed E-state index contributed by atoms with van der Waals surface area (Å²) in [7, 11) is 1.41. The Morgan fingerprint density at radius 3 is 2.81 bits per heavy atom. The number of hydrogen-bond acceptors (Lipinski definition) is 6. The molecular formula is C18H16ClN3O4. The summed E-state index contributed by atoms with van der Waals surface area (Å²) >= 11 is 5.96. The number of anilines is 1. The number of aromatic nitrogens is 2. The molecule has 0 unspecified atom stereocenters. The van der Waals surface area contributed by atoms with Crippen LogP contribution in [-0.4, -0.2) is 22.5 Å². The number of esters is 1. The number of hydrogen-bond donors (Lipinski definition) is 1. The first-order valence-corrected chi connectivity index (χ1v) is 8.06. The number of fused-ring (bicyclic) bond motifs is 1.